The minimum Gasteiger partial charge on any atom is -0.394 e. The predicted molar refractivity (Wildman–Crippen MR) is 202 cm³/mol. The van der Waals surface area contributed by atoms with Crippen molar-refractivity contribution in [2.45, 2.75) is 48.1 Å². The molecule has 2 aromatic carbocycles. The van der Waals surface area contributed by atoms with Crippen LogP contribution in [-0.4, -0.2) is 67.7 Å². The Morgan fingerprint density at radius 1 is 0.680 bits per heavy atom. The summed E-state index contributed by atoms with van der Waals surface area (Å²) < 4.78 is 32.1. The van der Waals surface area contributed by atoms with Crippen molar-refractivity contribution in [2.24, 2.45) is 0 Å². The summed E-state index contributed by atoms with van der Waals surface area (Å²) in [4.78, 5) is 27.5. The third-order valence-electron chi connectivity index (χ3n) is 8.84. The van der Waals surface area contributed by atoms with Crippen molar-refractivity contribution in [3.05, 3.63) is 96.3 Å². The predicted octanol–water partition coefficient (Wildman–Crippen LogP) is 8.14. The topological polar surface area (TPSA) is 107 Å². The molecule has 4 aromatic heterocycles. The summed E-state index contributed by atoms with van der Waals surface area (Å²) >= 11 is 5.42. The molecule has 0 spiro atoms. The van der Waals surface area contributed by atoms with Crippen molar-refractivity contribution in [3.63, 3.8) is 0 Å². The van der Waals surface area contributed by atoms with Crippen molar-refractivity contribution in [2.75, 3.05) is 23.5 Å². The standard InChI is InChI=1S/C18H16FIN4S.C18H17FN4OS/c1-25-18-21-9-8-14(22-18)17-16(11-2-4-12(19)5-3-11)23-15-7-6-13(10-20)24(15)17;1-25-18-20-9-8-14(21-18)17-16(11-2-4-12(19)5-3-11)22-15-7-6-13(10-24)23(15)17/h2-5,8-9,13H,6-7,10H2,1H3;2-5,8-9,13,24H,6-7,10H2,1H3/t2*13-/m00/s1. The van der Waals surface area contributed by atoms with Gasteiger partial charge in [-0.15, -0.1) is 0 Å². The van der Waals surface area contributed by atoms with E-state index in [-0.39, 0.29) is 24.3 Å². The highest BCUT2D eigenvalue weighted by Crippen LogP contribution is 2.41. The van der Waals surface area contributed by atoms with Gasteiger partial charge in [-0.1, -0.05) is 46.1 Å². The maximum Gasteiger partial charge on any atom is 0.187 e. The number of nitrogens with zero attached hydrogens (tertiary/aromatic N) is 8. The SMILES string of the molecule is CSc1nccc(-c2c(-c3ccc(F)cc3)nc3n2[C@H](CI)CC3)n1.CSc1nccc(-c2c(-c3ccc(F)cc3)nc3n2[C@H](CO)CC3)n1. The van der Waals surface area contributed by atoms with Crippen molar-refractivity contribution >= 4 is 46.1 Å². The molecule has 0 saturated carbocycles. The molecule has 0 fully saturated rings. The lowest BCUT2D eigenvalue weighted by atomic mass is 10.1. The molecule has 6 aromatic rings. The minimum atomic E-state index is -0.281. The molecule has 8 rings (SSSR count). The summed E-state index contributed by atoms with van der Waals surface area (Å²) in [5, 5.41) is 11.2. The minimum absolute atomic E-state index is 0.0145. The van der Waals surface area contributed by atoms with Crippen LogP contribution in [0.25, 0.3) is 45.3 Å². The van der Waals surface area contributed by atoms with Crippen molar-refractivity contribution < 1.29 is 13.9 Å². The van der Waals surface area contributed by atoms with Gasteiger partial charge >= 0.3 is 0 Å². The number of aromatic nitrogens is 8. The van der Waals surface area contributed by atoms with Gasteiger partial charge in [0, 0.05) is 46.8 Å². The smallest absolute Gasteiger partial charge is 0.187 e. The Morgan fingerprint density at radius 3 is 1.54 bits per heavy atom. The number of thioether (sulfide) groups is 2. The van der Waals surface area contributed by atoms with E-state index in [4.69, 9.17) is 15.0 Å². The quantitative estimate of drug-likeness (QED) is 0.0705. The second-order valence-corrected chi connectivity index (χ2v) is 14.2. The van der Waals surface area contributed by atoms with Crippen LogP contribution >= 0.6 is 46.1 Å². The molecule has 0 bridgehead atoms. The number of aliphatic hydroxyl groups excluding tert-OH is 1. The van der Waals surface area contributed by atoms with Crippen LogP contribution in [0.1, 0.15) is 36.6 Å². The summed E-state index contributed by atoms with van der Waals surface area (Å²) in [6, 6.07) is 17.0. The first-order valence-corrected chi connectivity index (χ1v) is 20.1. The normalized spacial score (nSPS) is 16.2. The number of aryl methyl sites for hydroxylation is 2. The highest BCUT2D eigenvalue weighted by molar-refractivity contribution is 14.1. The van der Waals surface area contributed by atoms with Gasteiger partial charge in [0.2, 0.25) is 0 Å². The van der Waals surface area contributed by atoms with Gasteiger partial charge in [0.05, 0.1) is 46.8 Å². The van der Waals surface area contributed by atoms with E-state index in [1.54, 1.807) is 36.7 Å². The summed E-state index contributed by atoms with van der Waals surface area (Å²) in [5.74, 6) is 1.49. The number of rotatable bonds is 8. The number of hydrogen-bond acceptors (Lipinski definition) is 9. The number of halogens is 3. The number of aliphatic hydroxyl groups is 1. The molecule has 0 aliphatic carbocycles. The highest BCUT2D eigenvalue weighted by atomic mass is 127. The van der Waals surface area contributed by atoms with E-state index in [0.717, 1.165) is 92.2 Å². The lowest BCUT2D eigenvalue weighted by molar-refractivity contribution is 0.234. The molecule has 0 saturated heterocycles. The zero-order chi connectivity index (χ0) is 34.8. The summed E-state index contributed by atoms with van der Waals surface area (Å²) in [6.07, 6.45) is 11.1. The van der Waals surface area contributed by atoms with Crippen LogP contribution < -0.4 is 0 Å². The van der Waals surface area contributed by atoms with E-state index < -0.39 is 0 Å². The molecule has 256 valence electrons. The highest BCUT2D eigenvalue weighted by Gasteiger charge is 2.31. The molecule has 50 heavy (non-hydrogen) atoms. The number of fused-ring (bicyclic) bond motifs is 2. The first-order chi connectivity index (χ1) is 24.4. The fourth-order valence-electron chi connectivity index (χ4n) is 6.52. The molecule has 6 heterocycles. The Kier molecular flexibility index (Phi) is 10.6. The van der Waals surface area contributed by atoms with Crippen molar-refractivity contribution in [1.29, 1.82) is 0 Å². The van der Waals surface area contributed by atoms with Gasteiger partial charge < -0.3 is 14.2 Å². The molecule has 1 N–H and O–H groups in total. The van der Waals surface area contributed by atoms with Gasteiger partial charge in [0.1, 0.15) is 23.3 Å². The summed E-state index contributed by atoms with van der Waals surface area (Å²) in [6.45, 7) is 0.0552. The third-order valence-corrected chi connectivity index (χ3v) is 11.0. The van der Waals surface area contributed by atoms with Gasteiger partial charge in [0.25, 0.3) is 0 Å². The second-order valence-electron chi connectivity index (χ2n) is 11.8. The number of imidazole rings is 2. The van der Waals surface area contributed by atoms with Crippen molar-refractivity contribution in [3.8, 4) is 45.3 Å². The van der Waals surface area contributed by atoms with Gasteiger partial charge in [-0.25, -0.2) is 38.7 Å². The first kappa shape index (κ1) is 34.7. The maximum absolute atomic E-state index is 13.4. The van der Waals surface area contributed by atoms with Crippen LogP contribution in [0.15, 0.2) is 83.4 Å². The van der Waals surface area contributed by atoms with Gasteiger partial charge in [-0.05, 0) is 86.0 Å². The Morgan fingerprint density at radius 2 is 1.12 bits per heavy atom. The zero-order valence-electron chi connectivity index (χ0n) is 27.3. The van der Waals surface area contributed by atoms with Crippen LogP contribution in [0.3, 0.4) is 0 Å². The van der Waals surface area contributed by atoms with E-state index in [1.807, 2.05) is 24.6 Å². The molecule has 0 amide bonds. The lowest BCUT2D eigenvalue weighted by Crippen LogP contribution is -2.10. The average Bonchev–Trinajstić information content (AvgIpc) is 3.93. The van der Waals surface area contributed by atoms with E-state index in [1.165, 1.54) is 47.8 Å². The first-order valence-electron chi connectivity index (χ1n) is 16.1. The zero-order valence-corrected chi connectivity index (χ0v) is 31.1. The molecule has 0 unspecified atom stereocenters. The Labute approximate surface area is 310 Å². The summed E-state index contributed by atoms with van der Waals surface area (Å²) in [5.41, 5.74) is 6.88. The summed E-state index contributed by atoms with van der Waals surface area (Å²) in [7, 11) is 0. The number of hydrogen-bond donors (Lipinski definition) is 1. The number of benzene rings is 2. The molecule has 2 aliphatic rings. The van der Waals surface area contributed by atoms with Gasteiger partial charge in [-0.2, -0.15) is 0 Å². The van der Waals surface area contributed by atoms with Gasteiger partial charge in [-0.3, -0.25) is 0 Å². The van der Waals surface area contributed by atoms with Crippen LogP contribution in [0.5, 0.6) is 0 Å². The monoisotopic (exact) mass is 822 g/mol. The fraction of sp³-hybridized carbons (Fsp3) is 0.278. The fourth-order valence-corrected chi connectivity index (χ4v) is 8.06. The Hall–Kier alpha value is -3.73. The molecular weight excluding hydrogens is 789 g/mol. The molecule has 0 radical (unpaired) electrons. The average molecular weight is 823 g/mol. The second kappa shape index (κ2) is 15.3. The molecule has 2 atom stereocenters. The van der Waals surface area contributed by atoms with Crippen molar-refractivity contribution in [1.82, 2.24) is 39.0 Å². The Bertz CT molecular complexity index is 1970. The number of alkyl halides is 1. The van der Waals surface area contributed by atoms with E-state index in [2.05, 4.69) is 46.7 Å². The van der Waals surface area contributed by atoms with Crippen LogP contribution in [-0.2, 0) is 12.8 Å². The van der Waals surface area contributed by atoms with E-state index >= 15 is 0 Å². The Balaban J connectivity index is 0.000000157. The van der Waals surface area contributed by atoms with Crippen LogP contribution in [0.4, 0.5) is 8.78 Å². The lowest BCUT2D eigenvalue weighted by Gasteiger charge is -2.15. The van der Waals surface area contributed by atoms with Crippen LogP contribution in [0.2, 0.25) is 0 Å². The maximum atomic E-state index is 13.4. The van der Waals surface area contributed by atoms with E-state index in [0.29, 0.717) is 11.2 Å². The third kappa shape index (κ3) is 6.82. The van der Waals surface area contributed by atoms with Crippen LogP contribution in [0, 0.1) is 11.6 Å². The van der Waals surface area contributed by atoms with Gasteiger partial charge in [0.15, 0.2) is 10.3 Å². The van der Waals surface area contributed by atoms with E-state index in [9.17, 15) is 13.9 Å². The largest absolute Gasteiger partial charge is 0.394 e. The molecule has 9 nitrogen and oxygen atoms in total. The molecule has 2 aliphatic heterocycles. The molecular formula is C36H33F2IN8OS2. The molecule has 14 heteroatoms.